The highest BCUT2D eigenvalue weighted by Gasteiger charge is 2.36. The Morgan fingerprint density at radius 2 is 1.44 bits per heavy atom. The van der Waals surface area contributed by atoms with Crippen molar-refractivity contribution in [3.8, 4) is 28.8 Å². The number of nitrogens with zero attached hydrogens (tertiary/aromatic N) is 12. The number of primary amides is 1. The van der Waals surface area contributed by atoms with Crippen molar-refractivity contribution in [1.82, 2.24) is 39.5 Å². The second-order valence-electron chi connectivity index (χ2n) is 20.3. The van der Waals surface area contributed by atoms with Crippen LogP contribution in [0.25, 0.3) is 22.6 Å². The number of aromatic hydroxyl groups is 1. The molecule has 38 nitrogen and oxygen atoms in total. The van der Waals surface area contributed by atoms with Gasteiger partial charge in [0.05, 0.1) is 28.2 Å². The maximum Gasteiger partial charge on any atom is 0.315 e. The lowest BCUT2D eigenvalue weighted by atomic mass is 10.1. The summed E-state index contributed by atoms with van der Waals surface area (Å²) in [4.78, 5) is 60.0. The number of amides is 1. The maximum atomic E-state index is 14.6. The van der Waals surface area contributed by atoms with Gasteiger partial charge in [0.2, 0.25) is 40.9 Å². The Morgan fingerprint density at radius 3 is 2.10 bits per heavy atom. The van der Waals surface area contributed by atoms with Crippen molar-refractivity contribution >= 4 is 173 Å². The molecule has 3 aliphatic rings. The highest BCUT2D eigenvalue weighted by Crippen LogP contribution is 2.56. The third-order valence-electron chi connectivity index (χ3n) is 13.4. The molecule has 14 N–H and O–H groups in total. The first-order valence-electron chi connectivity index (χ1n) is 27.0. The van der Waals surface area contributed by atoms with E-state index in [-0.39, 0.29) is 85.7 Å². The first kappa shape index (κ1) is 71.8. The van der Waals surface area contributed by atoms with Gasteiger partial charge in [-0.1, -0.05) is 29.8 Å². The normalized spacial score (nSPS) is 13.5. The number of ether oxygens (including phenoxy) is 1. The molecular formula is C52H44Cl3FN18O20S5. The Bertz CT molecular complexity index is 5540. The number of sulfone groups is 1. The second kappa shape index (κ2) is 27.4. The zero-order valence-electron chi connectivity index (χ0n) is 49.8. The predicted molar refractivity (Wildman–Crippen MR) is 352 cm³/mol. The fourth-order valence-corrected chi connectivity index (χ4v) is 13.2. The number of benzene rings is 5. The van der Waals surface area contributed by atoms with Gasteiger partial charge in [0.25, 0.3) is 32.7 Å². The molecule has 0 spiro atoms. The zero-order chi connectivity index (χ0) is 72.2. The molecule has 99 heavy (non-hydrogen) atoms. The third kappa shape index (κ3) is 15.8. The van der Waals surface area contributed by atoms with Crippen LogP contribution in [0, 0.1) is 13.0 Å². The van der Waals surface area contributed by atoms with E-state index in [1.54, 1.807) is 0 Å². The average Bonchev–Trinajstić information content (AvgIpc) is 0.671. The predicted octanol–water partition coefficient (Wildman–Crippen LogP) is 8.80. The smallest absolute Gasteiger partial charge is 0.315 e. The molecule has 1 aliphatic carbocycles. The molecule has 1 atom stereocenters. The Hall–Kier alpha value is -9.94. The molecule has 5 heterocycles. The summed E-state index contributed by atoms with van der Waals surface area (Å²) in [7, 11) is -19.4. The molecule has 0 radical (unpaired) electrons. The minimum atomic E-state index is -5.26. The number of aromatic nitrogens is 8. The molecule has 10 rings (SSSR count). The molecule has 0 saturated heterocycles. The van der Waals surface area contributed by atoms with Gasteiger partial charge < -0.3 is 50.8 Å². The van der Waals surface area contributed by atoms with Crippen molar-refractivity contribution in [2.45, 2.75) is 52.9 Å². The van der Waals surface area contributed by atoms with Gasteiger partial charge in [0, 0.05) is 48.4 Å². The van der Waals surface area contributed by atoms with E-state index in [0.29, 0.717) is 4.57 Å². The Balaban J connectivity index is 0.879. The molecule has 0 saturated carbocycles. The summed E-state index contributed by atoms with van der Waals surface area (Å²) in [6, 6.07) is 12.0. The first-order valence-corrected chi connectivity index (χ1v) is 35.5. The maximum absolute atomic E-state index is 14.6. The summed E-state index contributed by atoms with van der Waals surface area (Å²) >= 11 is 15.3. The van der Waals surface area contributed by atoms with Gasteiger partial charge in [-0.3, -0.25) is 46.5 Å². The lowest BCUT2D eigenvalue weighted by molar-refractivity contribution is 0.0995. The molecule has 0 bridgehead atoms. The number of hydrogen-bond acceptors (Lipinski definition) is 33. The Kier molecular flexibility index (Phi) is 19.9. The lowest BCUT2D eigenvalue weighted by Crippen LogP contribution is -2.28. The average molecular weight is 1530 g/mol. The standard InChI is InChI=1S/C52H44Cl3FN18O20S5/c1-5-95(78,79)25-9-6-23(7-10-25)62-52-69-48(56)68-49(70-52)58-16-17-74-45(76)32(44(57)75)21(3)35(46(74)77)73-72-30-18-24(8-15-31(30)96(80,81)82)63-51-67-47(55)66-50(71-51)60-20(2)19-59-28-13-11-26-38(42(28)97(83,84)85)92-40-33(53)37-41(34(54)36(40)64-26)93-39-27(65-37)12-14-29(43(39)98(86,87)88)61-22(4)94-99(89,90)91/h5-15,18,20,65,76,89-91H,1,16-17,19H2,2-4H3,(H2,57,75)(H,80,81,82)(H,83,84,85)(H,86,87,88)(H2,58,62,68,69,70)(H2,60,63,66,67,71). The van der Waals surface area contributed by atoms with Gasteiger partial charge in [-0.2, -0.15) is 59.5 Å². The van der Waals surface area contributed by atoms with Gasteiger partial charge in [-0.15, -0.1) is 10.2 Å². The zero-order valence-corrected chi connectivity index (χ0v) is 56.1. The van der Waals surface area contributed by atoms with Crippen LogP contribution < -0.4 is 48.0 Å². The molecule has 7 aromatic rings. The van der Waals surface area contributed by atoms with Gasteiger partial charge in [0.15, 0.2) is 48.2 Å². The second-order valence-corrected chi connectivity index (χ2v) is 28.5. The molecular weight excluding hydrogens is 1480 g/mol. The van der Waals surface area contributed by atoms with E-state index >= 15 is 0 Å². The number of azo groups is 1. The molecule has 4 aromatic carbocycles. The van der Waals surface area contributed by atoms with Crippen LogP contribution in [0.15, 0.2) is 128 Å². The minimum Gasteiger partial charge on any atom is -0.494 e. The molecule has 0 fully saturated rings. The van der Waals surface area contributed by atoms with Crippen LogP contribution in [0.1, 0.15) is 29.8 Å². The number of fused-ring (bicyclic) bond motifs is 4. The molecule has 2 aliphatic heterocycles. The molecule has 1 unspecified atom stereocenters. The van der Waals surface area contributed by atoms with Crippen LogP contribution in [-0.4, -0.2) is 136 Å². The van der Waals surface area contributed by atoms with E-state index in [1.807, 2.05) is 0 Å². The number of aliphatic imine (C=N–C) groups is 1. The quantitative estimate of drug-likeness (QED) is 0.00990. The van der Waals surface area contributed by atoms with Gasteiger partial charge >= 0.3 is 26.3 Å². The Labute approximate surface area is 571 Å². The van der Waals surface area contributed by atoms with Crippen molar-refractivity contribution < 1.29 is 88.6 Å². The monoisotopic (exact) mass is 1520 g/mol. The van der Waals surface area contributed by atoms with E-state index < -0.39 is 170 Å². The summed E-state index contributed by atoms with van der Waals surface area (Å²) < 4.78 is 192. The van der Waals surface area contributed by atoms with Gasteiger partial charge in [0.1, 0.15) is 43.1 Å². The molecule has 47 heteroatoms. The van der Waals surface area contributed by atoms with E-state index in [0.717, 1.165) is 42.7 Å². The SMILES string of the molecule is C=CS(=O)(=O)c1ccc(Nc2nc(F)nc(NCCn3c(O)c(C(N)=O)c(C)c(N=Nc4cc(Nc5nc(Cl)nc(NC(C)CN=c6ccc7nc8c(Cl)c9c(c(Cl)c8oc-7c6S(=O)(=O)O)Nc6ccc(N=C(C)OS(O)(O)O)c(S(=O)(=O)O)c6O9)n5)ccc4S(=O)(=O)O)c3=O)n2)cc1. The van der Waals surface area contributed by atoms with Crippen LogP contribution in [-0.2, 0) is 50.9 Å². The van der Waals surface area contributed by atoms with Crippen molar-refractivity contribution in [2.24, 2.45) is 25.9 Å². The number of halogens is 4. The lowest BCUT2D eigenvalue weighted by Gasteiger charge is -2.26. The number of nitrogens with two attached hydrogens (primary N) is 1. The van der Waals surface area contributed by atoms with Crippen LogP contribution in [0.2, 0.25) is 15.3 Å². The largest absolute Gasteiger partial charge is 0.494 e. The van der Waals surface area contributed by atoms with E-state index in [2.05, 4.69) is 92.4 Å². The third-order valence-corrected chi connectivity index (χ3v) is 18.9. The summed E-state index contributed by atoms with van der Waals surface area (Å²) in [6.07, 6.45) is -1.27. The number of carbonyl (C=O) groups excluding carboxylic acids is 1. The van der Waals surface area contributed by atoms with Crippen molar-refractivity contribution in [1.29, 1.82) is 0 Å². The number of pyridine rings is 1. The first-order chi connectivity index (χ1) is 46.3. The Morgan fingerprint density at radius 1 is 0.798 bits per heavy atom. The van der Waals surface area contributed by atoms with E-state index in [1.165, 1.54) is 50.2 Å². The number of nitrogens with one attached hydrogen (secondary N) is 5. The fraction of sp³-hybridized carbons (Fsp3) is 0.135. The number of carbonyl (C=O) groups is 1. The van der Waals surface area contributed by atoms with Crippen molar-refractivity contribution in [3.63, 3.8) is 0 Å². The highest BCUT2D eigenvalue weighted by atomic mass is 35.5. The number of anilines is 8. The topological polar surface area (TPSA) is 575 Å². The summed E-state index contributed by atoms with van der Waals surface area (Å²) in [6.45, 7) is 5.78. The summed E-state index contributed by atoms with van der Waals surface area (Å²) in [5.41, 5.74) is 0.483. The van der Waals surface area contributed by atoms with Crippen molar-refractivity contribution in [3.05, 3.63) is 127 Å². The number of rotatable bonds is 22. The van der Waals surface area contributed by atoms with Crippen LogP contribution in [0.3, 0.4) is 0 Å². The van der Waals surface area contributed by atoms with Gasteiger partial charge in [-0.25, -0.2) is 18.4 Å². The van der Waals surface area contributed by atoms with Crippen molar-refractivity contribution in [2.75, 3.05) is 39.7 Å². The fourth-order valence-electron chi connectivity index (χ4n) is 9.28. The summed E-state index contributed by atoms with van der Waals surface area (Å²) in [5, 5.41) is 31.9. The van der Waals surface area contributed by atoms with Crippen LogP contribution in [0.4, 0.5) is 68.0 Å². The van der Waals surface area contributed by atoms with Crippen LogP contribution >= 0.6 is 46.0 Å². The minimum absolute atomic E-state index is 0.0648. The molecule has 520 valence electrons. The summed E-state index contributed by atoms with van der Waals surface area (Å²) in [5.74, 6) is -5.72. The van der Waals surface area contributed by atoms with E-state index in [9.17, 15) is 80.1 Å². The highest BCUT2D eigenvalue weighted by molar-refractivity contribution is 8.15. The van der Waals surface area contributed by atoms with Crippen LogP contribution in [0.5, 0.6) is 17.4 Å². The molecule has 3 aromatic heterocycles. The van der Waals surface area contributed by atoms with Gasteiger partial charge in [-0.05, 0) is 92.2 Å². The molecule has 1 amide bonds. The number of hydrogen-bond donors (Lipinski definition) is 13. The van der Waals surface area contributed by atoms with E-state index in [4.69, 9.17) is 49.7 Å².